The molecule has 2 unspecified atom stereocenters. The van der Waals surface area contributed by atoms with E-state index in [2.05, 4.69) is 4.99 Å². The van der Waals surface area contributed by atoms with Gasteiger partial charge in [-0.05, 0) is 42.2 Å². The number of hydrogen-bond donors (Lipinski definition) is 2. The van der Waals surface area contributed by atoms with Gasteiger partial charge in [0.05, 0.1) is 6.10 Å². The van der Waals surface area contributed by atoms with Crippen LogP contribution in [0.1, 0.15) is 33.9 Å². The third-order valence-corrected chi connectivity index (χ3v) is 4.02. The second-order valence-electron chi connectivity index (χ2n) is 5.71. The summed E-state index contributed by atoms with van der Waals surface area (Å²) >= 11 is 0. The lowest BCUT2D eigenvalue weighted by atomic mass is 10.1. The van der Waals surface area contributed by atoms with Crippen LogP contribution >= 0.6 is 0 Å². The molecule has 108 valence electrons. The van der Waals surface area contributed by atoms with E-state index >= 15 is 0 Å². The molecule has 1 aliphatic carbocycles. The summed E-state index contributed by atoms with van der Waals surface area (Å²) in [5.41, 5.74) is 4.84. The smallest absolute Gasteiger partial charge is 0.127 e. The maximum atomic E-state index is 10.2. The summed E-state index contributed by atoms with van der Waals surface area (Å²) in [4.78, 5) is 4.52. The summed E-state index contributed by atoms with van der Waals surface area (Å²) in [5, 5.41) is 20.3. The second-order valence-corrected chi connectivity index (χ2v) is 5.71. The molecule has 3 rings (SSSR count). The fraction of sp³-hybridized carbons (Fsp3) is 0.278. The Bertz CT molecular complexity index is 706. The minimum absolute atomic E-state index is 0.249. The first-order valence-electron chi connectivity index (χ1n) is 7.15. The van der Waals surface area contributed by atoms with Crippen LogP contribution in [-0.2, 0) is 6.42 Å². The van der Waals surface area contributed by atoms with Crippen molar-refractivity contribution < 1.29 is 10.2 Å². The van der Waals surface area contributed by atoms with Crippen molar-refractivity contribution in [3.8, 4) is 5.75 Å². The van der Waals surface area contributed by atoms with E-state index in [0.717, 1.165) is 22.3 Å². The van der Waals surface area contributed by atoms with E-state index in [1.165, 1.54) is 0 Å². The molecule has 0 aliphatic heterocycles. The van der Waals surface area contributed by atoms with E-state index in [4.69, 9.17) is 0 Å². The van der Waals surface area contributed by atoms with Gasteiger partial charge in [-0.1, -0.05) is 30.3 Å². The summed E-state index contributed by atoms with van der Waals surface area (Å²) in [5.74, 6) is 0.255. The third kappa shape index (κ3) is 2.57. The molecule has 0 fully saturated rings. The molecule has 0 heterocycles. The van der Waals surface area contributed by atoms with Crippen molar-refractivity contribution in [1.29, 1.82) is 0 Å². The quantitative estimate of drug-likeness (QED) is 0.831. The molecule has 3 heteroatoms. The lowest BCUT2D eigenvalue weighted by Crippen LogP contribution is -2.11. The zero-order valence-electron chi connectivity index (χ0n) is 12.2. The Morgan fingerprint density at radius 2 is 1.95 bits per heavy atom. The molecule has 2 aromatic rings. The Morgan fingerprint density at radius 1 is 1.19 bits per heavy atom. The van der Waals surface area contributed by atoms with Crippen LogP contribution in [0.2, 0.25) is 0 Å². The molecule has 3 nitrogen and oxygen atoms in total. The van der Waals surface area contributed by atoms with E-state index in [1.54, 1.807) is 6.21 Å². The topological polar surface area (TPSA) is 52.8 Å². The largest absolute Gasteiger partial charge is 0.507 e. The highest BCUT2D eigenvalue weighted by atomic mass is 16.3. The molecule has 2 N–H and O–H groups in total. The van der Waals surface area contributed by atoms with Crippen LogP contribution in [0.25, 0.3) is 0 Å². The van der Waals surface area contributed by atoms with E-state index < -0.39 is 6.10 Å². The van der Waals surface area contributed by atoms with Gasteiger partial charge in [0.25, 0.3) is 0 Å². The van der Waals surface area contributed by atoms with Gasteiger partial charge in [0.2, 0.25) is 0 Å². The number of fused-ring (bicyclic) bond motifs is 1. The fourth-order valence-electron chi connectivity index (χ4n) is 2.98. The van der Waals surface area contributed by atoms with Gasteiger partial charge in [-0.25, -0.2) is 0 Å². The first-order chi connectivity index (χ1) is 10.1. The van der Waals surface area contributed by atoms with Gasteiger partial charge in [0, 0.05) is 18.2 Å². The predicted octanol–water partition coefficient (Wildman–Crippen LogP) is 3.09. The fourth-order valence-corrected chi connectivity index (χ4v) is 2.98. The van der Waals surface area contributed by atoms with Crippen molar-refractivity contribution in [3.63, 3.8) is 0 Å². The Kier molecular flexibility index (Phi) is 3.52. The monoisotopic (exact) mass is 281 g/mol. The van der Waals surface area contributed by atoms with Crippen molar-refractivity contribution in [1.82, 2.24) is 0 Å². The minimum Gasteiger partial charge on any atom is -0.507 e. The third-order valence-electron chi connectivity index (χ3n) is 4.02. The zero-order valence-corrected chi connectivity index (χ0v) is 12.2. The Hall–Kier alpha value is -2.13. The SMILES string of the molecule is Cc1cc(C)c(O)c(C=NC2c3ccccc3CC2O)c1. The van der Waals surface area contributed by atoms with Crippen molar-refractivity contribution in [2.24, 2.45) is 4.99 Å². The van der Waals surface area contributed by atoms with Crippen LogP contribution in [0.3, 0.4) is 0 Å². The molecule has 0 aromatic heterocycles. The maximum absolute atomic E-state index is 10.2. The van der Waals surface area contributed by atoms with Gasteiger partial charge >= 0.3 is 0 Å². The van der Waals surface area contributed by atoms with Crippen LogP contribution in [0.15, 0.2) is 41.4 Å². The summed E-state index contributed by atoms with van der Waals surface area (Å²) in [7, 11) is 0. The number of phenolic OH excluding ortho intramolecular Hbond substituents is 1. The second kappa shape index (κ2) is 5.34. The molecule has 0 amide bonds. The summed E-state index contributed by atoms with van der Waals surface area (Å²) in [6.45, 7) is 3.86. The maximum Gasteiger partial charge on any atom is 0.127 e. The number of aliphatic hydroxyl groups excluding tert-OH is 1. The standard InChI is InChI=1S/C18H19NO2/c1-11-7-12(2)18(21)14(8-11)10-19-17-15-6-4-3-5-13(15)9-16(17)20/h3-8,10,16-17,20-21H,9H2,1-2H3. The van der Waals surface area contributed by atoms with Crippen molar-refractivity contribution in [2.45, 2.75) is 32.4 Å². The molecule has 2 aromatic carbocycles. The van der Waals surface area contributed by atoms with Crippen LogP contribution in [0.4, 0.5) is 0 Å². The highest BCUT2D eigenvalue weighted by molar-refractivity contribution is 5.84. The van der Waals surface area contributed by atoms with E-state index in [1.807, 2.05) is 50.2 Å². The van der Waals surface area contributed by atoms with E-state index in [-0.39, 0.29) is 11.8 Å². The molecule has 0 saturated carbocycles. The Morgan fingerprint density at radius 3 is 2.76 bits per heavy atom. The number of aromatic hydroxyl groups is 1. The highest BCUT2D eigenvalue weighted by Gasteiger charge is 2.29. The van der Waals surface area contributed by atoms with Crippen LogP contribution < -0.4 is 0 Å². The Labute approximate surface area is 124 Å². The number of phenols is 1. The van der Waals surface area contributed by atoms with Crippen LogP contribution in [-0.4, -0.2) is 22.5 Å². The summed E-state index contributed by atoms with van der Waals surface area (Å²) in [6.07, 6.45) is 1.81. The first kappa shape index (κ1) is 13.8. The van der Waals surface area contributed by atoms with Gasteiger partial charge in [0.1, 0.15) is 11.8 Å². The highest BCUT2D eigenvalue weighted by Crippen LogP contribution is 2.34. The van der Waals surface area contributed by atoms with Gasteiger partial charge in [-0.3, -0.25) is 4.99 Å². The number of nitrogens with zero attached hydrogens (tertiary/aromatic N) is 1. The average molecular weight is 281 g/mol. The van der Waals surface area contributed by atoms with E-state index in [0.29, 0.717) is 12.0 Å². The molecule has 0 radical (unpaired) electrons. The number of rotatable bonds is 2. The summed E-state index contributed by atoms with van der Waals surface area (Å²) < 4.78 is 0. The van der Waals surface area contributed by atoms with Gasteiger partial charge < -0.3 is 10.2 Å². The molecule has 2 atom stereocenters. The Balaban J connectivity index is 1.94. The molecule has 0 saturated heterocycles. The zero-order chi connectivity index (χ0) is 15.0. The summed E-state index contributed by atoms with van der Waals surface area (Å²) in [6, 6.07) is 11.6. The van der Waals surface area contributed by atoms with E-state index in [9.17, 15) is 10.2 Å². The van der Waals surface area contributed by atoms with Crippen molar-refractivity contribution in [3.05, 3.63) is 64.2 Å². The molecular weight excluding hydrogens is 262 g/mol. The van der Waals surface area contributed by atoms with Crippen LogP contribution in [0.5, 0.6) is 5.75 Å². The van der Waals surface area contributed by atoms with Gasteiger partial charge in [0.15, 0.2) is 0 Å². The average Bonchev–Trinajstić information content (AvgIpc) is 2.77. The van der Waals surface area contributed by atoms with Gasteiger partial charge in [-0.15, -0.1) is 0 Å². The van der Waals surface area contributed by atoms with Crippen LogP contribution in [0, 0.1) is 13.8 Å². The number of aliphatic imine (C=N–C) groups is 1. The number of aliphatic hydroxyl groups is 1. The lowest BCUT2D eigenvalue weighted by molar-refractivity contribution is 0.159. The number of hydrogen-bond acceptors (Lipinski definition) is 3. The normalized spacial score (nSPS) is 20.9. The molecule has 1 aliphatic rings. The minimum atomic E-state index is -0.494. The molecule has 0 bridgehead atoms. The molecular formula is C18H19NO2. The predicted molar refractivity (Wildman–Crippen MR) is 84.1 cm³/mol. The number of benzene rings is 2. The molecule has 0 spiro atoms. The first-order valence-corrected chi connectivity index (χ1v) is 7.15. The van der Waals surface area contributed by atoms with Crippen molar-refractivity contribution >= 4 is 6.21 Å². The molecule has 21 heavy (non-hydrogen) atoms. The van der Waals surface area contributed by atoms with Crippen molar-refractivity contribution in [2.75, 3.05) is 0 Å². The number of aryl methyl sites for hydroxylation is 2. The lowest BCUT2D eigenvalue weighted by Gasteiger charge is -2.11. The van der Waals surface area contributed by atoms with Gasteiger partial charge in [-0.2, -0.15) is 0 Å².